The number of aromatic nitrogens is 3. The normalized spacial score (nSPS) is 12.1. The molecule has 2 aromatic rings. The van der Waals surface area contributed by atoms with Gasteiger partial charge in [-0.2, -0.15) is 0 Å². The molecular weight excluding hydrogens is 307 g/mol. The number of amides is 1. The lowest BCUT2D eigenvalue weighted by atomic mass is 10.3. The van der Waals surface area contributed by atoms with Crippen LogP contribution in [0.4, 0.5) is 10.1 Å². The molecule has 1 aromatic carbocycles. The summed E-state index contributed by atoms with van der Waals surface area (Å²) in [5.74, 6) is -0.843. The highest BCUT2D eigenvalue weighted by Gasteiger charge is 2.19. The van der Waals surface area contributed by atoms with Crippen molar-refractivity contribution in [1.29, 1.82) is 0 Å². The smallest absolute Gasteiger partial charge is 0.323 e. The summed E-state index contributed by atoms with van der Waals surface area (Å²) in [5.41, 5.74) is -0.168. The lowest BCUT2D eigenvalue weighted by molar-refractivity contribution is -0.115. The van der Waals surface area contributed by atoms with Gasteiger partial charge in [0, 0.05) is 6.54 Å². The zero-order chi connectivity index (χ0) is 16.1. The third kappa shape index (κ3) is 3.76. The summed E-state index contributed by atoms with van der Waals surface area (Å²) in [7, 11) is 0. The number of anilines is 1. The number of hydrogen-bond donors (Lipinski definition) is 2. The molecule has 1 atom stereocenters. The standard InChI is InChI=1S/C14H17FN4O2S/c1-3-8-19-13(21)17-18-14(19)22-9(2)12(20)16-11-7-5-4-6-10(11)15/h4-7,9H,3,8H2,1-2H3,(H,16,20)(H,17,21). The summed E-state index contributed by atoms with van der Waals surface area (Å²) in [5, 5.41) is 8.74. The monoisotopic (exact) mass is 324 g/mol. The van der Waals surface area contributed by atoms with Crippen LogP contribution in [0.25, 0.3) is 0 Å². The molecule has 1 unspecified atom stereocenters. The van der Waals surface area contributed by atoms with Gasteiger partial charge in [0.2, 0.25) is 5.91 Å². The minimum atomic E-state index is -0.523. The van der Waals surface area contributed by atoms with E-state index in [4.69, 9.17) is 0 Å². The number of halogens is 1. The minimum Gasteiger partial charge on any atom is -0.323 e. The van der Waals surface area contributed by atoms with Crippen LogP contribution in [0.15, 0.2) is 34.2 Å². The second kappa shape index (κ2) is 7.26. The van der Waals surface area contributed by atoms with Gasteiger partial charge in [-0.1, -0.05) is 30.8 Å². The Balaban J connectivity index is 2.06. The van der Waals surface area contributed by atoms with Crippen molar-refractivity contribution in [3.05, 3.63) is 40.6 Å². The van der Waals surface area contributed by atoms with E-state index in [-0.39, 0.29) is 17.3 Å². The Morgan fingerprint density at radius 3 is 2.91 bits per heavy atom. The van der Waals surface area contributed by atoms with Crippen LogP contribution in [0.5, 0.6) is 0 Å². The number of nitrogens with one attached hydrogen (secondary N) is 2. The summed E-state index contributed by atoms with van der Waals surface area (Å²) < 4.78 is 15.0. The average molecular weight is 324 g/mol. The van der Waals surface area contributed by atoms with E-state index in [1.165, 1.54) is 16.7 Å². The first-order chi connectivity index (χ1) is 10.5. The molecule has 0 aliphatic carbocycles. The topological polar surface area (TPSA) is 79.8 Å². The van der Waals surface area contributed by atoms with Crippen molar-refractivity contribution in [1.82, 2.24) is 14.8 Å². The SMILES string of the molecule is CCCn1c(SC(C)C(=O)Nc2ccccc2F)n[nH]c1=O. The highest BCUT2D eigenvalue weighted by atomic mass is 32.2. The number of rotatable bonds is 6. The van der Waals surface area contributed by atoms with E-state index in [0.29, 0.717) is 11.7 Å². The predicted octanol–water partition coefficient (Wildman–Crippen LogP) is 2.24. The number of carbonyl (C=O) groups is 1. The Bertz CT molecular complexity index is 713. The molecule has 0 fully saturated rings. The highest BCUT2D eigenvalue weighted by Crippen LogP contribution is 2.22. The third-order valence-corrected chi connectivity index (χ3v) is 4.04. The summed E-state index contributed by atoms with van der Waals surface area (Å²) in [6, 6.07) is 5.96. The Labute approximate surface area is 131 Å². The predicted molar refractivity (Wildman–Crippen MR) is 83.5 cm³/mol. The third-order valence-electron chi connectivity index (χ3n) is 2.95. The molecule has 0 aliphatic rings. The first kappa shape index (κ1) is 16.3. The molecule has 1 aromatic heterocycles. The average Bonchev–Trinajstić information content (AvgIpc) is 2.83. The summed E-state index contributed by atoms with van der Waals surface area (Å²) in [4.78, 5) is 23.7. The van der Waals surface area contributed by atoms with Gasteiger partial charge in [0.1, 0.15) is 5.82 Å². The van der Waals surface area contributed by atoms with E-state index in [0.717, 1.165) is 18.2 Å². The van der Waals surface area contributed by atoms with E-state index in [9.17, 15) is 14.0 Å². The van der Waals surface area contributed by atoms with Gasteiger partial charge in [0.05, 0.1) is 10.9 Å². The molecule has 1 heterocycles. The largest absolute Gasteiger partial charge is 0.343 e. The van der Waals surface area contributed by atoms with Crippen molar-refractivity contribution in [2.24, 2.45) is 0 Å². The van der Waals surface area contributed by atoms with Crippen LogP contribution in [0.2, 0.25) is 0 Å². The van der Waals surface area contributed by atoms with Gasteiger partial charge in [0.15, 0.2) is 5.16 Å². The van der Waals surface area contributed by atoms with Crippen molar-refractivity contribution in [2.45, 2.75) is 37.2 Å². The number of hydrogen-bond acceptors (Lipinski definition) is 4. The number of H-pyrrole nitrogens is 1. The number of benzene rings is 1. The van der Waals surface area contributed by atoms with E-state index in [2.05, 4.69) is 15.5 Å². The number of aromatic amines is 1. The first-order valence-electron chi connectivity index (χ1n) is 6.90. The van der Waals surface area contributed by atoms with Crippen LogP contribution in [0, 0.1) is 5.82 Å². The van der Waals surface area contributed by atoms with Crippen molar-refractivity contribution in [3.8, 4) is 0 Å². The number of para-hydroxylation sites is 1. The molecule has 0 aliphatic heterocycles. The van der Waals surface area contributed by atoms with E-state index in [1.54, 1.807) is 19.1 Å². The maximum absolute atomic E-state index is 13.5. The number of nitrogens with zero attached hydrogens (tertiary/aromatic N) is 2. The van der Waals surface area contributed by atoms with E-state index >= 15 is 0 Å². The van der Waals surface area contributed by atoms with Gasteiger partial charge < -0.3 is 5.32 Å². The maximum atomic E-state index is 13.5. The number of carbonyl (C=O) groups excluding carboxylic acids is 1. The van der Waals surface area contributed by atoms with Crippen LogP contribution in [0.3, 0.4) is 0 Å². The number of thioether (sulfide) groups is 1. The molecule has 2 N–H and O–H groups in total. The van der Waals surface area contributed by atoms with E-state index in [1.807, 2.05) is 6.92 Å². The van der Waals surface area contributed by atoms with Crippen molar-refractivity contribution < 1.29 is 9.18 Å². The molecule has 0 spiro atoms. The van der Waals surface area contributed by atoms with Crippen molar-refractivity contribution >= 4 is 23.4 Å². The lowest BCUT2D eigenvalue weighted by Gasteiger charge is -2.12. The van der Waals surface area contributed by atoms with Crippen LogP contribution in [-0.2, 0) is 11.3 Å². The maximum Gasteiger partial charge on any atom is 0.343 e. The molecule has 6 nitrogen and oxygen atoms in total. The molecule has 0 saturated carbocycles. The van der Waals surface area contributed by atoms with Crippen LogP contribution in [-0.4, -0.2) is 25.9 Å². The van der Waals surface area contributed by atoms with Gasteiger partial charge in [0.25, 0.3) is 0 Å². The molecule has 0 bridgehead atoms. The minimum absolute atomic E-state index is 0.132. The summed E-state index contributed by atoms with van der Waals surface area (Å²) in [6.07, 6.45) is 0.781. The molecule has 0 saturated heterocycles. The molecule has 2 rings (SSSR count). The van der Waals surface area contributed by atoms with Crippen LogP contribution in [0.1, 0.15) is 20.3 Å². The molecule has 1 amide bonds. The second-order valence-corrected chi connectivity index (χ2v) is 6.00. The van der Waals surface area contributed by atoms with E-state index < -0.39 is 11.1 Å². The van der Waals surface area contributed by atoms with Gasteiger partial charge in [-0.05, 0) is 25.5 Å². The Morgan fingerprint density at radius 1 is 1.50 bits per heavy atom. The fourth-order valence-electron chi connectivity index (χ4n) is 1.82. The molecule has 118 valence electrons. The summed E-state index contributed by atoms with van der Waals surface area (Å²) >= 11 is 1.15. The van der Waals surface area contributed by atoms with Crippen molar-refractivity contribution in [2.75, 3.05) is 5.32 Å². The fourth-order valence-corrected chi connectivity index (χ4v) is 2.70. The molecule has 22 heavy (non-hydrogen) atoms. The zero-order valence-corrected chi connectivity index (χ0v) is 13.1. The fraction of sp³-hybridized carbons (Fsp3) is 0.357. The van der Waals surface area contributed by atoms with Crippen molar-refractivity contribution in [3.63, 3.8) is 0 Å². The highest BCUT2D eigenvalue weighted by molar-refractivity contribution is 8.00. The van der Waals surface area contributed by atoms with Gasteiger partial charge in [-0.15, -0.1) is 5.10 Å². The van der Waals surface area contributed by atoms with Gasteiger partial charge >= 0.3 is 5.69 Å². The second-order valence-electron chi connectivity index (χ2n) is 4.69. The first-order valence-corrected chi connectivity index (χ1v) is 7.78. The van der Waals surface area contributed by atoms with Gasteiger partial charge in [-0.3, -0.25) is 9.36 Å². The summed E-state index contributed by atoms with van der Waals surface area (Å²) in [6.45, 7) is 4.15. The zero-order valence-electron chi connectivity index (χ0n) is 12.3. The molecular formula is C14H17FN4O2S. The van der Waals surface area contributed by atoms with Gasteiger partial charge in [-0.25, -0.2) is 14.3 Å². The Kier molecular flexibility index (Phi) is 5.37. The molecule has 0 radical (unpaired) electrons. The van der Waals surface area contributed by atoms with Crippen LogP contribution < -0.4 is 11.0 Å². The Hall–Kier alpha value is -2.09. The Morgan fingerprint density at radius 2 is 2.23 bits per heavy atom. The van der Waals surface area contributed by atoms with Crippen LogP contribution >= 0.6 is 11.8 Å². The quantitative estimate of drug-likeness (QED) is 0.799. The molecule has 8 heteroatoms. The lowest BCUT2D eigenvalue weighted by Crippen LogP contribution is -2.24.